The molecule has 1 unspecified atom stereocenters. The number of benzene rings is 1. The van der Waals surface area contributed by atoms with Gasteiger partial charge in [-0.15, -0.1) is 0 Å². The highest BCUT2D eigenvalue weighted by atomic mass is 32.2. The summed E-state index contributed by atoms with van der Waals surface area (Å²) in [6, 6.07) is 5.07. The Morgan fingerprint density at radius 2 is 2.05 bits per heavy atom. The van der Waals surface area contributed by atoms with E-state index in [1.165, 1.54) is 41.6 Å². The zero-order chi connectivity index (χ0) is 16.2. The molecule has 0 bridgehead atoms. The number of rotatable bonds is 7. The molecule has 10 heteroatoms. The molecule has 118 valence electrons. The minimum absolute atomic E-state index is 0.0753. The SMILES string of the molecule is CC(Cn1cncn1)NS(=O)(=O)Cc1ccc([N+](=O)[O-])cc1. The van der Waals surface area contributed by atoms with Crippen molar-refractivity contribution in [3.05, 3.63) is 52.6 Å². The van der Waals surface area contributed by atoms with Gasteiger partial charge in [-0.25, -0.2) is 18.1 Å². The van der Waals surface area contributed by atoms with Gasteiger partial charge in [-0.2, -0.15) is 5.10 Å². The van der Waals surface area contributed by atoms with E-state index in [0.29, 0.717) is 12.1 Å². The van der Waals surface area contributed by atoms with E-state index < -0.39 is 14.9 Å². The van der Waals surface area contributed by atoms with Crippen LogP contribution in [0.3, 0.4) is 0 Å². The molecule has 0 aliphatic carbocycles. The maximum Gasteiger partial charge on any atom is 0.269 e. The Morgan fingerprint density at radius 1 is 1.36 bits per heavy atom. The lowest BCUT2D eigenvalue weighted by atomic mass is 10.2. The summed E-state index contributed by atoms with van der Waals surface area (Å²) in [7, 11) is -3.55. The number of nitro benzene ring substituents is 1. The number of nitrogens with one attached hydrogen (secondary N) is 1. The van der Waals surface area contributed by atoms with Crippen molar-refractivity contribution in [1.82, 2.24) is 19.5 Å². The van der Waals surface area contributed by atoms with Crippen LogP contribution in [-0.4, -0.2) is 34.1 Å². The highest BCUT2D eigenvalue weighted by Gasteiger charge is 2.16. The summed E-state index contributed by atoms with van der Waals surface area (Å²) in [4.78, 5) is 13.8. The summed E-state index contributed by atoms with van der Waals surface area (Å²) in [5.74, 6) is -0.243. The molecule has 2 rings (SSSR count). The molecule has 0 spiro atoms. The first-order valence-electron chi connectivity index (χ1n) is 6.41. The predicted octanol–water partition coefficient (Wildman–Crippen LogP) is 0.694. The Kier molecular flexibility index (Phi) is 4.83. The molecule has 0 saturated heterocycles. The fraction of sp³-hybridized carbons (Fsp3) is 0.333. The molecule has 0 aliphatic heterocycles. The van der Waals surface area contributed by atoms with E-state index in [0.717, 1.165) is 0 Å². The molecule has 1 heterocycles. The number of hydrogen-bond donors (Lipinski definition) is 1. The van der Waals surface area contributed by atoms with Crippen molar-refractivity contribution in [2.24, 2.45) is 0 Å². The number of non-ortho nitro benzene ring substituents is 1. The van der Waals surface area contributed by atoms with Crippen LogP contribution in [0.1, 0.15) is 12.5 Å². The third kappa shape index (κ3) is 4.60. The van der Waals surface area contributed by atoms with Gasteiger partial charge in [0.1, 0.15) is 12.7 Å². The lowest BCUT2D eigenvalue weighted by Crippen LogP contribution is -2.36. The van der Waals surface area contributed by atoms with Crippen LogP contribution in [0.2, 0.25) is 0 Å². The van der Waals surface area contributed by atoms with Crippen LogP contribution >= 0.6 is 0 Å². The fourth-order valence-electron chi connectivity index (χ4n) is 1.93. The van der Waals surface area contributed by atoms with Crippen molar-refractivity contribution >= 4 is 15.7 Å². The van der Waals surface area contributed by atoms with E-state index in [4.69, 9.17) is 0 Å². The standard InChI is InChI=1S/C12H15N5O4S/c1-10(6-16-9-13-8-14-16)15-22(20,21)7-11-2-4-12(5-3-11)17(18)19/h2-5,8-10,15H,6-7H2,1H3. The van der Waals surface area contributed by atoms with Crippen molar-refractivity contribution < 1.29 is 13.3 Å². The molecule has 22 heavy (non-hydrogen) atoms. The zero-order valence-corrected chi connectivity index (χ0v) is 12.6. The summed E-state index contributed by atoms with van der Waals surface area (Å²) in [5, 5.41) is 14.5. The second-order valence-corrected chi connectivity index (χ2v) is 6.57. The van der Waals surface area contributed by atoms with Crippen molar-refractivity contribution in [3.63, 3.8) is 0 Å². The summed E-state index contributed by atoms with van der Waals surface area (Å²) < 4.78 is 28.2. The maximum atomic E-state index is 12.1. The molecule has 9 nitrogen and oxygen atoms in total. The van der Waals surface area contributed by atoms with Gasteiger partial charge in [0, 0.05) is 18.2 Å². The number of sulfonamides is 1. The highest BCUT2D eigenvalue weighted by molar-refractivity contribution is 7.88. The van der Waals surface area contributed by atoms with Crippen LogP contribution in [-0.2, 0) is 22.3 Å². The Balaban J connectivity index is 1.96. The smallest absolute Gasteiger partial charge is 0.258 e. The van der Waals surface area contributed by atoms with Gasteiger partial charge in [0.2, 0.25) is 10.0 Å². The van der Waals surface area contributed by atoms with Crippen LogP contribution in [0.15, 0.2) is 36.9 Å². The predicted molar refractivity (Wildman–Crippen MR) is 78.3 cm³/mol. The lowest BCUT2D eigenvalue weighted by molar-refractivity contribution is -0.384. The third-order valence-electron chi connectivity index (χ3n) is 2.81. The second-order valence-electron chi connectivity index (χ2n) is 4.82. The van der Waals surface area contributed by atoms with Crippen molar-refractivity contribution in [3.8, 4) is 0 Å². The lowest BCUT2D eigenvalue weighted by Gasteiger charge is -2.14. The quantitative estimate of drug-likeness (QED) is 0.591. The first kappa shape index (κ1) is 16.0. The Morgan fingerprint density at radius 3 is 2.59 bits per heavy atom. The van der Waals surface area contributed by atoms with Gasteiger partial charge < -0.3 is 0 Å². The molecule has 1 atom stereocenters. The minimum atomic E-state index is -3.55. The Labute approximate surface area is 127 Å². The zero-order valence-electron chi connectivity index (χ0n) is 11.8. The van der Waals surface area contributed by atoms with Gasteiger partial charge in [-0.05, 0) is 12.5 Å². The molecule has 0 radical (unpaired) electrons. The van der Waals surface area contributed by atoms with E-state index >= 15 is 0 Å². The molecule has 0 aliphatic rings. The molecule has 0 fully saturated rings. The van der Waals surface area contributed by atoms with E-state index in [1.54, 1.807) is 6.92 Å². The van der Waals surface area contributed by atoms with E-state index in [-0.39, 0.29) is 17.5 Å². The normalized spacial score (nSPS) is 13.0. The molecule has 1 aromatic carbocycles. The maximum absolute atomic E-state index is 12.1. The third-order valence-corrected chi connectivity index (χ3v) is 4.29. The van der Waals surface area contributed by atoms with E-state index in [1.807, 2.05) is 0 Å². The number of aromatic nitrogens is 3. The summed E-state index contributed by atoms with van der Waals surface area (Å²) in [6.45, 7) is 2.08. The first-order chi connectivity index (χ1) is 10.4. The summed E-state index contributed by atoms with van der Waals surface area (Å²) in [5.41, 5.74) is 0.403. The fourth-order valence-corrected chi connectivity index (χ4v) is 3.33. The van der Waals surface area contributed by atoms with Crippen LogP contribution in [0.25, 0.3) is 0 Å². The molecule has 2 aromatic rings. The average Bonchev–Trinajstić information content (AvgIpc) is 2.90. The molecular weight excluding hydrogens is 310 g/mol. The van der Waals surface area contributed by atoms with Gasteiger partial charge >= 0.3 is 0 Å². The number of hydrogen-bond acceptors (Lipinski definition) is 6. The molecular formula is C12H15N5O4S. The average molecular weight is 325 g/mol. The Hall–Kier alpha value is -2.33. The van der Waals surface area contributed by atoms with E-state index in [9.17, 15) is 18.5 Å². The monoisotopic (exact) mass is 325 g/mol. The van der Waals surface area contributed by atoms with Crippen molar-refractivity contribution in [2.75, 3.05) is 0 Å². The molecule has 1 N–H and O–H groups in total. The van der Waals surface area contributed by atoms with Crippen LogP contribution in [0.4, 0.5) is 5.69 Å². The highest BCUT2D eigenvalue weighted by Crippen LogP contribution is 2.13. The van der Waals surface area contributed by atoms with E-state index in [2.05, 4.69) is 14.8 Å². The number of nitrogens with zero attached hydrogens (tertiary/aromatic N) is 4. The number of nitro groups is 1. The molecule has 1 aromatic heterocycles. The van der Waals surface area contributed by atoms with Gasteiger partial charge in [-0.3, -0.25) is 14.8 Å². The van der Waals surface area contributed by atoms with Crippen LogP contribution in [0.5, 0.6) is 0 Å². The van der Waals surface area contributed by atoms with Crippen molar-refractivity contribution in [1.29, 1.82) is 0 Å². The van der Waals surface area contributed by atoms with Gasteiger partial charge in [-0.1, -0.05) is 12.1 Å². The topological polar surface area (TPSA) is 120 Å². The van der Waals surface area contributed by atoms with Crippen molar-refractivity contribution in [2.45, 2.75) is 25.3 Å². The van der Waals surface area contributed by atoms with Gasteiger partial charge in [0.05, 0.1) is 17.2 Å². The van der Waals surface area contributed by atoms with Gasteiger partial charge in [0.25, 0.3) is 5.69 Å². The molecule has 0 saturated carbocycles. The first-order valence-corrected chi connectivity index (χ1v) is 8.07. The molecule has 0 amide bonds. The van der Waals surface area contributed by atoms with Gasteiger partial charge in [0.15, 0.2) is 0 Å². The van der Waals surface area contributed by atoms with Crippen LogP contribution in [0, 0.1) is 10.1 Å². The summed E-state index contributed by atoms with van der Waals surface area (Å²) >= 11 is 0. The Bertz CT molecular complexity index is 727. The largest absolute Gasteiger partial charge is 0.269 e. The summed E-state index contributed by atoms with van der Waals surface area (Å²) in [6.07, 6.45) is 2.87. The minimum Gasteiger partial charge on any atom is -0.258 e. The van der Waals surface area contributed by atoms with Crippen LogP contribution < -0.4 is 4.72 Å². The second kappa shape index (κ2) is 6.62.